The van der Waals surface area contributed by atoms with Crippen molar-refractivity contribution in [3.63, 3.8) is 0 Å². The van der Waals surface area contributed by atoms with Crippen molar-refractivity contribution >= 4 is 11.9 Å². The van der Waals surface area contributed by atoms with E-state index in [1.807, 2.05) is 0 Å². The SMILES string of the molecule is NC(=NCC1CCCO1)NCCCC(=O)NC1CC1. The molecule has 1 unspecified atom stereocenters. The van der Waals surface area contributed by atoms with Gasteiger partial charge in [0.15, 0.2) is 5.96 Å². The average Bonchev–Trinajstić information content (AvgIpc) is 3.05. The predicted molar refractivity (Wildman–Crippen MR) is 73.9 cm³/mol. The van der Waals surface area contributed by atoms with Crippen LogP contribution in [0.3, 0.4) is 0 Å². The first kappa shape index (κ1) is 14.1. The molecule has 108 valence electrons. The second-order valence-corrected chi connectivity index (χ2v) is 5.23. The molecule has 0 bridgehead atoms. The molecule has 1 amide bonds. The number of nitrogens with two attached hydrogens (primary N) is 1. The van der Waals surface area contributed by atoms with Gasteiger partial charge in [-0.2, -0.15) is 0 Å². The molecule has 0 aromatic heterocycles. The van der Waals surface area contributed by atoms with E-state index in [0.29, 0.717) is 31.5 Å². The molecule has 0 aromatic rings. The summed E-state index contributed by atoms with van der Waals surface area (Å²) in [5.74, 6) is 0.581. The van der Waals surface area contributed by atoms with Gasteiger partial charge in [-0.1, -0.05) is 0 Å². The number of nitrogens with zero attached hydrogens (tertiary/aromatic N) is 1. The third-order valence-corrected chi connectivity index (χ3v) is 3.32. The first-order valence-electron chi connectivity index (χ1n) is 7.19. The summed E-state index contributed by atoms with van der Waals surface area (Å²) in [6.07, 6.45) is 5.99. The number of carbonyl (C=O) groups excluding carboxylic acids is 1. The molecule has 4 N–H and O–H groups in total. The van der Waals surface area contributed by atoms with Gasteiger partial charge in [0, 0.05) is 25.6 Å². The Kier molecular flexibility index (Phi) is 5.44. The third-order valence-electron chi connectivity index (χ3n) is 3.32. The highest BCUT2D eigenvalue weighted by Gasteiger charge is 2.22. The summed E-state index contributed by atoms with van der Waals surface area (Å²) >= 11 is 0. The molecule has 2 rings (SSSR count). The zero-order valence-electron chi connectivity index (χ0n) is 11.4. The van der Waals surface area contributed by atoms with Crippen LogP contribution < -0.4 is 16.4 Å². The topological polar surface area (TPSA) is 88.7 Å². The van der Waals surface area contributed by atoms with Gasteiger partial charge >= 0.3 is 0 Å². The molecule has 0 spiro atoms. The standard InChI is InChI=1S/C13H24N4O2/c14-13(16-9-11-3-2-8-19-11)15-7-1-4-12(18)17-10-5-6-10/h10-11H,1-9H2,(H,17,18)(H3,14,15,16). The fraction of sp³-hybridized carbons (Fsp3) is 0.846. The molecular weight excluding hydrogens is 244 g/mol. The van der Waals surface area contributed by atoms with Crippen molar-refractivity contribution in [3.8, 4) is 0 Å². The van der Waals surface area contributed by atoms with Crippen molar-refractivity contribution < 1.29 is 9.53 Å². The van der Waals surface area contributed by atoms with Gasteiger partial charge in [0.1, 0.15) is 0 Å². The molecule has 0 radical (unpaired) electrons. The Bertz CT molecular complexity index is 323. The number of hydrogen-bond donors (Lipinski definition) is 3. The molecule has 1 aliphatic carbocycles. The second kappa shape index (κ2) is 7.33. The molecule has 19 heavy (non-hydrogen) atoms. The lowest BCUT2D eigenvalue weighted by atomic mass is 10.2. The molecule has 1 saturated carbocycles. The fourth-order valence-corrected chi connectivity index (χ4v) is 2.04. The Hall–Kier alpha value is -1.30. The number of guanidine groups is 1. The van der Waals surface area contributed by atoms with Crippen LogP contribution in [0.1, 0.15) is 38.5 Å². The number of amides is 1. The zero-order chi connectivity index (χ0) is 13.5. The molecule has 2 fully saturated rings. The molecule has 1 heterocycles. The van der Waals surface area contributed by atoms with E-state index in [9.17, 15) is 4.79 Å². The minimum Gasteiger partial charge on any atom is -0.376 e. The van der Waals surface area contributed by atoms with Gasteiger partial charge in [0.2, 0.25) is 5.91 Å². The maximum absolute atomic E-state index is 11.4. The van der Waals surface area contributed by atoms with E-state index in [1.165, 1.54) is 0 Å². The largest absolute Gasteiger partial charge is 0.376 e. The molecule has 1 saturated heterocycles. The monoisotopic (exact) mass is 268 g/mol. The van der Waals surface area contributed by atoms with E-state index in [2.05, 4.69) is 15.6 Å². The van der Waals surface area contributed by atoms with Gasteiger partial charge < -0.3 is 21.1 Å². The lowest BCUT2D eigenvalue weighted by molar-refractivity contribution is -0.121. The number of carbonyl (C=O) groups is 1. The first-order chi connectivity index (χ1) is 9.24. The van der Waals surface area contributed by atoms with Gasteiger partial charge in [-0.3, -0.25) is 9.79 Å². The highest BCUT2D eigenvalue weighted by Crippen LogP contribution is 2.18. The molecule has 1 aliphatic heterocycles. The van der Waals surface area contributed by atoms with E-state index in [-0.39, 0.29) is 12.0 Å². The van der Waals surface area contributed by atoms with Crippen LogP contribution in [-0.2, 0) is 9.53 Å². The second-order valence-electron chi connectivity index (χ2n) is 5.23. The summed E-state index contributed by atoms with van der Waals surface area (Å²) in [7, 11) is 0. The first-order valence-corrected chi connectivity index (χ1v) is 7.19. The molecule has 2 aliphatic rings. The Morgan fingerprint density at radius 2 is 2.21 bits per heavy atom. The number of ether oxygens (including phenoxy) is 1. The van der Waals surface area contributed by atoms with Gasteiger partial charge in [0.25, 0.3) is 0 Å². The molecule has 6 nitrogen and oxygen atoms in total. The van der Waals surface area contributed by atoms with E-state index < -0.39 is 0 Å². The lowest BCUT2D eigenvalue weighted by Crippen LogP contribution is -2.34. The number of aliphatic imine (C=N–C) groups is 1. The van der Waals surface area contributed by atoms with Crippen LogP contribution in [0.15, 0.2) is 4.99 Å². The summed E-state index contributed by atoms with van der Waals surface area (Å²) in [6.45, 7) is 2.14. The Balaban J connectivity index is 1.48. The number of nitrogens with one attached hydrogen (secondary N) is 2. The van der Waals surface area contributed by atoms with Gasteiger partial charge in [-0.15, -0.1) is 0 Å². The minimum absolute atomic E-state index is 0.138. The van der Waals surface area contributed by atoms with E-state index in [1.54, 1.807) is 0 Å². The minimum atomic E-state index is 0.138. The summed E-state index contributed by atoms with van der Waals surface area (Å²) in [6, 6.07) is 0.443. The molecule has 0 aromatic carbocycles. The zero-order valence-corrected chi connectivity index (χ0v) is 11.4. The maximum atomic E-state index is 11.4. The Morgan fingerprint density at radius 1 is 1.37 bits per heavy atom. The van der Waals surface area contributed by atoms with Crippen LogP contribution in [-0.4, -0.2) is 43.7 Å². The maximum Gasteiger partial charge on any atom is 0.220 e. The van der Waals surface area contributed by atoms with Crippen molar-refractivity contribution in [3.05, 3.63) is 0 Å². The average molecular weight is 268 g/mol. The van der Waals surface area contributed by atoms with Crippen molar-refractivity contribution in [2.24, 2.45) is 10.7 Å². The van der Waals surface area contributed by atoms with Crippen molar-refractivity contribution in [2.45, 2.75) is 50.7 Å². The summed E-state index contributed by atoms with van der Waals surface area (Å²) in [5.41, 5.74) is 5.74. The van der Waals surface area contributed by atoms with Crippen LogP contribution >= 0.6 is 0 Å². The van der Waals surface area contributed by atoms with Crippen LogP contribution in [0.5, 0.6) is 0 Å². The van der Waals surface area contributed by atoms with Gasteiger partial charge in [-0.05, 0) is 32.1 Å². The summed E-state index contributed by atoms with van der Waals surface area (Å²) in [5, 5.41) is 5.98. The summed E-state index contributed by atoms with van der Waals surface area (Å²) < 4.78 is 5.46. The molecule has 1 atom stereocenters. The fourth-order valence-electron chi connectivity index (χ4n) is 2.04. The predicted octanol–water partition coefficient (Wildman–Crippen LogP) is 0.129. The van der Waals surface area contributed by atoms with Crippen molar-refractivity contribution in [2.75, 3.05) is 19.7 Å². The highest BCUT2D eigenvalue weighted by molar-refractivity contribution is 5.78. The smallest absolute Gasteiger partial charge is 0.220 e. The van der Waals surface area contributed by atoms with Crippen molar-refractivity contribution in [1.29, 1.82) is 0 Å². The van der Waals surface area contributed by atoms with Crippen molar-refractivity contribution in [1.82, 2.24) is 10.6 Å². The molecular formula is C13H24N4O2. The van der Waals surface area contributed by atoms with E-state index in [0.717, 1.165) is 38.7 Å². The van der Waals surface area contributed by atoms with Crippen LogP contribution in [0.2, 0.25) is 0 Å². The third kappa shape index (κ3) is 5.92. The summed E-state index contributed by atoms with van der Waals surface area (Å²) in [4.78, 5) is 15.7. The lowest BCUT2D eigenvalue weighted by Gasteiger charge is -2.08. The van der Waals surface area contributed by atoms with E-state index in [4.69, 9.17) is 10.5 Å². The Labute approximate surface area is 114 Å². The quantitative estimate of drug-likeness (QED) is 0.348. The van der Waals surface area contributed by atoms with Crippen LogP contribution in [0.4, 0.5) is 0 Å². The highest BCUT2D eigenvalue weighted by atomic mass is 16.5. The van der Waals surface area contributed by atoms with Crippen LogP contribution in [0.25, 0.3) is 0 Å². The van der Waals surface area contributed by atoms with Gasteiger partial charge in [0.05, 0.1) is 12.6 Å². The molecule has 6 heteroatoms. The number of rotatable bonds is 7. The van der Waals surface area contributed by atoms with Gasteiger partial charge in [-0.25, -0.2) is 0 Å². The van der Waals surface area contributed by atoms with Crippen LogP contribution in [0, 0.1) is 0 Å². The van der Waals surface area contributed by atoms with E-state index >= 15 is 0 Å². The number of hydrogen-bond acceptors (Lipinski definition) is 3. The Morgan fingerprint density at radius 3 is 2.89 bits per heavy atom. The normalized spacial score (nSPS) is 23.4.